The Morgan fingerprint density at radius 1 is 1.36 bits per heavy atom. The van der Waals surface area contributed by atoms with E-state index in [1.54, 1.807) is 0 Å². The normalized spacial score (nSPS) is 19.4. The molecule has 3 heteroatoms. The molecule has 14 heavy (non-hydrogen) atoms. The van der Waals surface area contributed by atoms with Crippen molar-refractivity contribution in [3.8, 4) is 0 Å². The van der Waals surface area contributed by atoms with Crippen molar-refractivity contribution in [2.75, 3.05) is 13.1 Å². The molecule has 1 rings (SSSR count). The molecule has 0 amide bonds. The second-order valence-electron chi connectivity index (χ2n) is 4.22. The van der Waals surface area contributed by atoms with Gasteiger partial charge in [0.15, 0.2) is 0 Å². The molecule has 3 nitrogen and oxygen atoms in total. The lowest BCUT2D eigenvalue weighted by atomic mass is 9.83. The largest absolute Gasteiger partial charge is 0.480 e. The van der Waals surface area contributed by atoms with Gasteiger partial charge in [0.25, 0.3) is 0 Å². The minimum atomic E-state index is -0.656. The predicted octanol–water partition coefficient (Wildman–Crippen LogP) is 1.97. The fourth-order valence-electron chi connectivity index (χ4n) is 2.31. The van der Waals surface area contributed by atoms with Crippen molar-refractivity contribution in [2.45, 2.75) is 45.6 Å². The van der Waals surface area contributed by atoms with Gasteiger partial charge in [-0.15, -0.1) is 0 Å². The van der Waals surface area contributed by atoms with E-state index in [4.69, 9.17) is 0 Å². The van der Waals surface area contributed by atoms with Gasteiger partial charge >= 0.3 is 5.97 Å². The molecule has 0 unspecified atom stereocenters. The lowest BCUT2D eigenvalue weighted by molar-refractivity contribution is -0.158. The Morgan fingerprint density at radius 3 is 2.14 bits per heavy atom. The van der Waals surface area contributed by atoms with Crippen LogP contribution in [0.5, 0.6) is 0 Å². The zero-order valence-electron chi connectivity index (χ0n) is 9.42. The average Bonchev–Trinajstić information content (AvgIpc) is 2.10. The first-order chi connectivity index (χ1) is 6.60. The molecule has 0 aromatic heterocycles. The van der Waals surface area contributed by atoms with Crippen LogP contribution >= 0.6 is 0 Å². The maximum Gasteiger partial charge on any atom is 0.324 e. The van der Waals surface area contributed by atoms with Crippen molar-refractivity contribution < 1.29 is 9.90 Å². The summed E-state index contributed by atoms with van der Waals surface area (Å²) in [7, 11) is 0. The topological polar surface area (TPSA) is 40.5 Å². The fraction of sp³-hybridized carbons (Fsp3) is 0.909. The molecule has 1 heterocycles. The first-order valence-electron chi connectivity index (χ1n) is 5.59. The summed E-state index contributed by atoms with van der Waals surface area (Å²) >= 11 is 0. The molecule has 0 atom stereocenters. The molecule has 1 aliphatic rings. The van der Waals surface area contributed by atoms with Crippen LogP contribution in [0.15, 0.2) is 0 Å². The van der Waals surface area contributed by atoms with Crippen molar-refractivity contribution >= 4 is 5.97 Å². The van der Waals surface area contributed by atoms with Crippen molar-refractivity contribution in [2.24, 2.45) is 5.92 Å². The van der Waals surface area contributed by atoms with Gasteiger partial charge in [-0.2, -0.15) is 0 Å². The maximum absolute atomic E-state index is 11.3. The molecule has 0 radical (unpaired) electrons. The molecule has 0 aromatic carbocycles. The molecule has 0 spiro atoms. The number of carboxylic acids is 1. The van der Waals surface area contributed by atoms with E-state index in [0.717, 1.165) is 13.1 Å². The molecule has 1 saturated heterocycles. The van der Waals surface area contributed by atoms with Crippen LogP contribution in [0, 0.1) is 5.92 Å². The molecule has 82 valence electrons. The Bertz CT molecular complexity index is 205. The summed E-state index contributed by atoms with van der Waals surface area (Å²) in [6.07, 6.45) is 2.57. The highest BCUT2D eigenvalue weighted by Gasteiger charge is 2.46. The summed E-state index contributed by atoms with van der Waals surface area (Å²) in [6.45, 7) is 8.03. The number of likely N-dealkylation sites (tertiary alicyclic amines) is 1. The third-order valence-electron chi connectivity index (χ3n) is 3.71. The van der Waals surface area contributed by atoms with E-state index >= 15 is 0 Å². The Morgan fingerprint density at radius 2 is 1.86 bits per heavy atom. The highest BCUT2D eigenvalue weighted by molar-refractivity contribution is 5.78. The second kappa shape index (κ2) is 4.30. The lowest BCUT2D eigenvalue weighted by Crippen LogP contribution is -2.62. The SMILES string of the molecule is CCC1CN(C(CC)(CC)C(=O)O)C1. The van der Waals surface area contributed by atoms with Crippen LogP contribution in [0.2, 0.25) is 0 Å². The number of nitrogens with zero attached hydrogens (tertiary/aromatic N) is 1. The standard InChI is InChI=1S/C11H21NO2/c1-4-9-7-12(8-9)11(5-2,6-3)10(13)14/h9H,4-8H2,1-3H3,(H,13,14). The molecule has 1 fully saturated rings. The molecule has 1 N–H and O–H groups in total. The van der Waals surface area contributed by atoms with Crippen LogP contribution < -0.4 is 0 Å². The second-order valence-corrected chi connectivity index (χ2v) is 4.22. The molecule has 0 aromatic rings. The maximum atomic E-state index is 11.3. The van der Waals surface area contributed by atoms with Crippen molar-refractivity contribution in [3.63, 3.8) is 0 Å². The van der Waals surface area contributed by atoms with Crippen LogP contribution in [-0.2, 0) is 4.79 Å². The van der Waals surface area contributed by atoms with Crippen molar-refractivity contribution in [1.29, 1.82) is 0 Å². The number of carbonyl (C=O) groups is 1. The van der Waals surface area contributed by atoms with Crippen LogP contribution in [0.25, 0.3) is 0 Å². The third-order valence-corrected chi connectivity index (χ3v) is 3.71. The predicted molar refractivity (Wildman–Crippen MR) is 56.3 cm³/mol. The Labute approximate surface area is 86.1 Å². The Balaban J connectivity index is 2.65. The summed E-state index contributed by atoms with van der Waals surface area (Å²) in [5, 5.41) is 9.28. The highest BCUT2D eigenvalue weighted by atomic mass is 16.4. The van der Waals surface area contributed by atoms with Crippen LogP contribution in [0.1, 0.15) is 40.0 Å². The van der Waals surface area contributed by atoms with Gasteiger partial charge in [0.2, 0.25) is 0 Å². The molecular weight excluding hydrogens is 178 g/mol. The third kappa shape index (κ3) is 1.65. The van der Waals surface area contributed by atoms with Gasteiger partial charge < -0.3 is 5.11 Å². The van der Waals surface area contributed by atoms with Gasteiger partial charge in [-0.3, -0.25) is 9.69 Å². The summed E-state index contributed by atoms with van der Waals surface area (Å²) in [4.78, 5) is 13.4. The number of hydrogen-bond donors (Lipinski definition) is 1. The smallest absolute Gasteiger partial charge is 0.324 e. The number of rotatable bonds is 5. The van der Waals surface area contributed by atoms with E-state index in [1.807, 2.05) is 13.8 Å². The van der Waals surface area contributed by atoms with Crippen LogP contribution in [-0.4, -0.2) is 34.6 Å². The first kappa shape index (κ1) is 11.5. The Kier molecular flexibility index (Phi) is 3.53. The minimum absolute atomic E-state index is 0.592. The van der Waals surface area contributed by atoms with Gasteiger partial charge in [0.1, 0.15) is 5.54 Å². The number of carboxylic acid groups (broad SMARTS) is 1. The van der Waals surface area contributed by atoms with Crippen molar-refractivity contribution in [3.05, 3.63) is 0 Å². The van der Waals surface area contributed by atoms with Gasteiger partial charge in [-0.1, -0.05) is 27.2 Å². The van der Waals surface area contributed by atoms with E-state index in [-0.39, 0.29) is 0 Å². The van der Waals surface area contributed by atoms with Gasteiger partial charge in [0.05, 0.1) is 0 Å². The summed E-state index contributed by atoms with van der Waals surface area (Å²) in [6, 6.07) is 0. The quantitative estimate of drug-likeness (QED) is 0.736. The van der Waals surface area contributed by atoms with E-state index in [9.17, 15) is 9.90 Å². The van der Waals surface area contributed by atoms with Crippen LogP contribution in [0.3, 0.4) is 0 Å². The van der Waals surface area contributed by atoms with Gasteiger partial charge in [0, 0.05) is 13.1 Å². The average molecular weight is 199 g/mol. The van der Waals surface area contributed by atoms with E-state index in [2.05, 4.69) is 11.8 Å². The number of hydrogen-bond acceptors (Lipinski definition) is 2. The lowest BCUT2D eigenvalue weighted by Gasteiger charge is -2.49. The van der Waals surface area contributed by atoms with Crippen molar-refractivity contribution in [1.82, 2.24) is 4.90 Å². The van der Waals surface area contributed by atoms with Gasteiger partial charge in [-0.25, -0.2) is 0 Å². The van der Waals surface area contributed by atoms with E-state index in [1.165, 1.54) is 6.42 Å². The molecule has 0 saturated carbocycles. The van der Waals surface area contributed by atoms with E-state index in [0.29, 0.717) is 18.8 Å². The summed E-state index contributed by atoms with van der Waals surface area (Å²) in [5.74, 6) is 0.0591. The summed E-state index contributed by atoms with van der Waals surface area (Å²) in [5.41, 5.74) is -0.592. The molecular formula is C11H21NO2. The zero-order valence-corrected chi connectivity index (χ0v) is 9.42. The molecule has 1 aliphatic heterocycles. The van der Waals surface area contributed by atoms with E-state index < -0.39 is 11.5 Å². The Hall–Kier alpha value is -0.570. The number of aliphatic carboxylic acids is 1. The minimum Gasteiger partial charge on any atom is -0.480 e. The van der Waals surface area contributed by atoms with Gasteiger partial charge in [-0.05, 0) is 18.8 Å². The monoisotopic (exact) mass is 199 g/mol. The first-order valence-corrected chi connectivity index (χ1v) is 5.59. The zero-order chi connectivity index (χ0) is 10.8. The highest BCUT2D eigenvalue weighted by Crippen LogP contribution is 2.32. The molecule has 0 aliphatic carbocycles. The van der Waals surface area contributed by atoms with Crippen LogP contribution in [0.4, 0.5) is 0 Å². The fourth-order valence-corrected chi connectivity index (χ4v) is 2.31. The molecule has 0 bridgehead atoms. The summed E-state index contributed by atoms with van der Waals surface area (Å²) < 4.78 is 0.